The van der Waals surface area contributed by atoms with Crippen molar-refractivity contribution in [2.45, 2.75) is 77.0 Å². The average Bonchev–Trinajstić information content (AvgIpc) is 3.70. The Balaban J connectivity index is 1.53. The average molecular weight is 801 g/mol. The van der Waals surface area contributed by atoms with Gasteiger partial charge in [0.2, 0.25) is 5.71 Å². The zero-order valence-corrected chi connectivity index (χ0v) is 34.2. The van der Waals surface area contributed by atoms with Crippen LogP contribution in [-0.2, 0) is 44.8 Å². The van der Waals surface area contributed by atoms with Crippen molar-refractivity contribution in [2.75, 3.05) is 48.6 Å². The molecular formula is C39H50N3O9S3-. The Morgan fingerprint density at radius 3 is 1.72 bits per heavy atom. The third-order valence-electron chi connectivity index (χ3n) is 10.6. The van der Waals surface area contributed by atoms with Gasteiger partial charge in [-0.3, -0.25) is 5.04 Å². The van der Waals surface area contributed by atoms with Gasteiger partial charge in [-0.25, -0.2) is 12.6 Å². The molecule has 2 aliphatic heterocycles. The molecule has 0 radical (unpaired) electrons. The van der Waals surface area contributed by atoms with E-state index < -0.39 is 31.6 Å². The summed E-state index contributed by atoms with van der Waals surface area (Å²) in [6.45, 7) is 9.92. The lowest BCUT2D eigenvalue weighted by atomic mass is 9.83. The number of benzene rings is 2. The zero-order chi connectivity index (χ0) is 39.3. The Morgan fingerprint density at radius 2 is 1.26 bits per heavy atom. The minimum absolute atomic E-state index is 0.256. The molecule has 0 amide bonds. The van der Waals surface area contributed by atoms with E-state index in [1.165, 1.54) is 16.6 Å². The van der Waals surface area contributed by atoms with Gasteiger partial charge in [-0.1, -0.05) is 80.2 Å². The first kappa shape index (κ1) is 41.9. The summed E-state index contributed by atoms with van der Waals surface area (Å²) in [5.41, 5.74) is 8.09. The first-order valence-electron chi connectivity index (χ1n) is 18.0. The minimum Gasteiger partial charge on any atom is -0.748 e. The minimum atomic E-state index is -4.30. The summed E-state index contributed by atoms with van der Waals surface area (Å²) in [5, 5.41) is 13.6. The van der Waals surface area contributed by atoms with Gasteiger partial charge in [0, 0.05) is 81.4 Å². The zero-order valence-electron chi connectivity index (χ0n) is 31.7. The lowest BCUT2D eigenvalue weighted by molar-refractivity contribution is -0.777. The molecule has 12 nitrogen and oxygen atoms in total. The second kappa shape index (κ2) is 17.2. The Hall–Kier alpha value is -3.28. The van der Waals surface area contributed by atoms with Crippen LogP contribution < -0.4 is 15.1 Å². The van der Waals surface area contributed by atoms with Gasteiger partial charge < -0.3 is 19.6 Å². The van der Waals surface area contributed by atoms with E-state index in [4.69, 9.17) is 4.18 Å². The number of allylic oxidation sites excluding steroid dienone is 8. The molecule has 2 heterocycles. The van der Waals surface area contributed by atoms with Gasteiger partial charge >= 0.3 is 10.3 Å². The maximum atomic E-state index is 13.2. The number of hydrogen-bond acceptors (Lipinski definition) is 12. The molecule has 3 aliphatic rings. The van der Waals surface area contributed by atoms with E-state index in [0.29, 0.717) is 37.3 Å². The highest BCUT2D eigenvalue weighted by Gasteiger charge is 2.41. The Kier molecular flexibility index (Phi) is 13.4. The summed E-state index contributed by atoms with van der Waals surface area (Å²) in [4.78, 5) is 4.49. The predicted octanol–water partition coefficient (Wildman–Crippen LogP) is 5.95. The van der Waals surface area contributed by atoms with Crippen LogP contribution in [0.15, 0.2) is 95.4 Å². The number of rotatable bonds is 16. The van der Waals surface area contributed by atoms with Gasteiger partial charge in [-0.2, -0.15) is 4.33 Å². The standard InChI is InChI=1S/C39H51N3O9S3/c1-38(2)31-15-7-9-17-33(31)41(25-11-13-27-52-51-50-43)35(38)23-21-29-19-20-30(37(29)40(5)54(47,48)49-6)22-24-36-39(3,4)32-16-8-10-18-34(32)42(36)26-12-14-28-53(44,45)46/h7-10,15-18,21-24H,11-14,19-20,25-28H2,1-6H3,(H-,43,44,45,46)/p-1. The molecule has 0 atom stereocenters. The summed E-state index contributed by atoms with van der Waals surface area (Å²) in [7, 11) is -5.73. The third-order valence-corrected chi connectivity index (χ3v) is 13.2. The van der Waals surface area contributed by atoms with Crippen molar-refractivity contribution in [3.8, 4) is 0 Å². The van der Waals surface area contributed by atoms with Crippen LogP contribution in [0.1, 0.15) is 77.3 Å². The molecule has 0 N–H and O–H groups in total. The molecular weight excluding hydrogens is 751 g/mol. The van der Waals surface area contributed by atoms with Crippen LogP contribution in [0.4, 0.5) is 11.4 Å². The summed E-state index contributed by atoms with van der Waals surface area (Å²) in [5.74, 6) is 0.203. The smallest absolute Gasteiger partial charge is 0.508 e. The van der Waals surface area contributed by atoms with E-state index in [2.05, 4.69) is 71.1 Å². The molecule has 1 saturated carbocycles. The van der Waals surface area contributed by atoms with Crippen molar-refractivity contribution in [3.05, 3.63) is 107 Å². The van der Waals surface area contributed by atoms with Crippen LogP contribution in [0.25, 0.3) is 0 Å². The summed E-state index contributed by atoms with van der Waals surface area (Å²) in [6.07, 6.45) is 11.8. The fourth-order valence-corrected chi connectivity index (χ4v) is 9.49. The molecule has 15 heteroatoms. The topological polar surface area (TPSA) is 152 Å². The molecule has 2 aromatic carbocycles. The fourth-order valence-electron chi connectivity index (χ4n) is 7.82. The maximum absolute atomic E-state index is 13.2. The number of fused-ring (bicyclic) bond motifs is 2. The molecule has 2 aromatic rings. The van der Waals surface area contributed by atoms with Gasteiger partial charge in [0.15, 0.2) is 7.05 Å². The molecule has 54 heavy (non-hydrogen) atoms. The predicted molar refractivity (Wildman–Crippen MR) is 210 cm³/mol. The summed E-state index contributed by atoms with van der Waals surface area (Å²) in [6, 6.07) is 16.4. The van der Waals surface area contributed by atoms with Crippen LogP contribution in [0.3, 0.4) is 0 Å². The second-order valence-electron chi connectivity index (χ2n) is 14.6. The monoisotopic (exact) mass is 800 g/mol. The molecule has 0 saturated heterocycles. The Bertz CT molecular complexity index is 2090. The van der Waals surface area contributed by atoms with Crippen LogP contribution >= 0.6 is 12.0 Å². The molecule has 0 aromatic heterocycles. The lowest BCUT2D eigenvalue weighted by Crippen LogP contribution is -2.28. The molecule has 0 spiro atoms. The van der Waals surface area contributed by atoms with E-state index in [0.717, 1.165) is 78.0 Å². The van der Waals surface area contributed by atoms with Crippen molar-refractivity contribution in [2.24, 2.45) is 0 Å². The highest BCUT2D eigenvalue weighted by atomic mass is 32.2. The number of para-hydroxylation sites is 2. The van der Waals surface area contributed by atoms with Gasteiger partial charge in [-0.15, -0.1) is 8.42 Å². The van der Waals surface area contributed by atoms with Crippen molar-refractivity contribution in [1.82, 2.24) is 0 Å². The molecule has 1 aliphatic carbocycles. The normalized spacial score (nSPS) is 21.9. The molecule has 5 rings (SSSR count). The quantitative estimate of drug-likeness (QED) is 0.0493. The van der Waals surface area contributed by atoms with Crippen LogP contribution in [0.5, 0.6) is 0 Å². The van der Waals surface area contributed by atoms with Crippen molar-refractivity contribution in [1.29, 1.82) is 0 Å². The van der Waals surface area contributed by atoms with E-state index >= 15 is 0 Å². The Morgan fingerprint density at radius 1 is 0.778 bits per heavy atom. The first-order chi connectivity index (χ1) is 25.5. The Labute approximate surface area is 324 Å². The molecule has 294 valence electrons. The van der Waals surface area contributed by atoms with Crippen molar-refractivity contribution in [3.63, 3.8) is 0 Å². The van der Waals surface area contributed by atoms with Crippen LogP contribution in [0, 0.1) is 0 Å². The van der Waals surface area contributed by atoms with Crippen LogP contribution in [0.2, 0.25) is 0 Å². The van der Waals surface area contributed by atoms with E-state index in [9.17, 15) is 26.6 Å². The second-order valence-corrected chi connectivity index (χ2v) is 18.7. The fraction of sp³-hybridized carbons (Fsp3) is 0.462. The number of unbranched alkanes of at least 4 members (excludes halogenated alkanes) is 2. The molecule has 0 bridgehead atoms. The number of anilines is 2. The number of hydrogen-bond donors (Lipinski definition) is 0. The lowest BCUT2D eigenvalue weighted by Gasteiger charge is -2.27. The van der Waals surface area contributed by atoms with Gasteiger partial charge in [-0.05, 0) is 73.9 Å². The SMILES string of the molecule is COS(=O)(=O)/[N+](C)=C1C(=C/C=C2/N(CCCCSOO[O-])c3ccccc3C2(C)C)CCC/1=C\C=C1\N(CCCCS(=O)(=O)[O-])c2ccccc2C1(C)C. The van der Waals surface area contributed by atoms with E-state index in [-0.39, 0.29) is 11.8 Å². The third kappa shape index (κ3) is 9.05. The highest BCUT2D eigenvalue weighted by Crippen LogP contribution is 2.49. The summed E-state index contributed by atoms with van der Waals surface area (Å²) < 4.78 is 70.9. The highest BCUT2D eigenvalue weighted by molar-refractivity contribution is 7.94. The summed E-state index contributed by atoms with van der Waals surface area (Å²) >= 11 is 0.983. The maximum Gasteiger partial charge on any atom is 0.508 e. The number of nitrogens with zero attached hydrogens (tertiary/aromatic N) is 3. The van der Waals surface area contributed by atoms with Gasteiger partial charge in [0.1, 0.15) is 0 Å². The van der Waals surface area contributed by atoms with Gasteiger partial charge in [0.05, 0.1) is 17.2 Å². The van der Waals surface area contributed by atoms with Crippen molar-refractivity contribution < 1.29 is 44.2 Å². The van der Waals surface area contributed by atoms with Gasteiger partial charge in [0.25, 0.3) is 0 Å². The van der Waals surface area contributed by atoms with E-state index in [1.54, 1.807) is 0 Å². The largest absolute Gasteiger partial charge is 0.748 e. The first-order valence-corrected chi connectivity index (χ1v) is 21.9. The van der Waals surface area contributed by atoms with E-state index in [1.807, 2.05) is 48.6 Å². The molecule has 0 unspecified atom stereocenters. The van der Waals surface area contributed by atoms with Crippen LogP contribution in [-0.4, -0.2) is 69.8 Å². The van der Waals surface area contributed by atoms with Crippen molar-refractivity contribution >= 4 is 49.6 Å². The molecule has 1 fully saturated rings.